The van der Waals surface area contributed by atoms with Crippen LogP contribution < -0.4 is 10.1 Å². The van der Waals surface area contributed by atoms with Crippen molar-refractivity contribution < 1.29 is 36.3 Å². The van der Waals surface area contributed by atoms with Crippen molar-refractivity contribution in [2.75, 3.05) is 0 Å². The summed E-state index contributed by atoms with van der Waals surface area (Å²) in [6.45, 7) is -0.418. The Labute approximate surface area is 185 Å². The van der Waals surface area contributed by atoms with Crippen molar-refractivity contribution in [3.63, 3.8) is 0 Å². The number of Topliss-reactive ketones (excluding diaryl/α,β-unsaturated/α-hetero) is 1. The fraction of sp³-hybridized carbons (Fsp3) is 0.227. The molecule has 0 aliphatic carbocycles. The lowest BCUT2D eigenvalue weighted by atomic mass is 10.1. The van der Waals surface area contributed by atoms with Gasteiger partial charge in [-0.2, -0.15) is 27.1 Å². The van der Waals surface area contributed by atoms with E-state index in [1.807, 2.05) is 0 Å². The number of alkyl halides is 5. The number of hydrogen-bond donors (Lipinski definition) is 1. The van der Waals surface area contributed by atoms with Gasteiger partial charge in [0.1, 0.15) is 5.75 Å². The number of nitrogens with one attached hydrogen (secondary N) is 1. The highest BCUT2D eigenvalue weighted by Crippen LogP contribution is 2.31. The Balaban J connectivity index is 1.82. The van der Waals surface area contributed by atoms with Gasteiger partial charge in [0.15, 0.2) is 0 Å². The van der Waals surface area contributed by atoms with Crippen molar-refractivity contribution in [1.82, 2.24) is 15.1 Å². The maximum Gasteiger partial charge on any atom is 0.416 e. The van der Waals surface area contributed by atoms with Crippen LogP contribution in [-0.2, 0) is 17.5 Å². The molecule has 1 aromatic heterocycles. The van der Waals surface area contributed by atoms with Crippen molar-refractivity contribution in [2.45, 2.75) is 33.2 Å². The molecule has 0 fully saturated rings. The number of aryl methyl sites for hydroxylation is 1. The van der Waals surface area contributed by atoms with E-state index in [0.29, 0.717) is 0 Å². The van der Waals surface area contributed by atoms with Crippen molar-refractivity contribution in [1.29, 1.82) is 0 Å². The van der Waals surface area contributed by atoms with E-state index in [0.717, 1.165) is 16.8 Å². The van der Waals surface area contributed by atoms with Gasteiger partial charge >= 0.3 is 12.8 Å². The second-order valence-corrected chi connectivity index (χ2v) is 7.00. The SMILES string of the molecule is Cc1nn(-c2cccc(C(F)(F)F)c2)c(C)c1C(=O)C(=O)NCc1ccccc1OC(F)F. The molecule has 33 heavy (non-hydrogen) atoms. The summed E-state index contributed by atoms with van der Waals surface area (Å²) in [7, 11) is 0. The van der Waals surface area contributed by atoms with Crippen LogP contribution in [0.5, 0.6) is 5.75 Å². The third kappa shape index (κ3) is 5.36. The van der Waals surface area contributed by atoms with E-state index in [-0.39, 0.29) is 40.5 Å². The lowest BCUT2D eigenvalue weighted by molar-refractivity contribution is -0.137. The van der Waals surface area contributed by atoms with E-state index in [1.54, 1.807) is 6.07 Å². The van der Waals surface area contributed by atoms with Crippen LogP contribution in [0.4, 0.5) is 22.0 Å². The number of aromatic nitrogens is 2. The summed E-state index contributed by atoms with van der Waals surface area (Å²) >= 11 is 0. The van der Waals surface area contributed by atoms with E-state index in [1.165, 1.54) is 44.2 Å². The number of halogens is 5. The van der Waals surface area contributed by atoms with E-state index in [2.05, 4.69) is 15.2 Å². The standard InChI is InChI=1S/C22H18F5N3O3/c1-12-18(13(2)30(29-12)16-8-5-7-15(10-16)22(25,26)27)19(31)20(32)28-11-14-6-3-4-9-17(14)33-21(23)24/h3-10,21H,11H2,1-2H3,(H,28,32). The molecule has 3 aromatic rings. The van der Waals surface area contributed by atoms with Crippen LogP contribution in [0, 0.1) is 13.8 Å². The first-order valence-electron chi connectivity index (χ1n) is 9.58. The number of hydrogen-bond acceptors (Lipinski definition) is 4. The molecule has 1 heterocycles. The molecule has 6 nitrogen and oxygen atoms in total. The molecule has 0 spiro atoms. The molecule has 11 heteroatoms. The highest BCUT2D eigenvalue weighted by Gasteiger charge is 2.31. The summed E-state index contributed by atoms with van der Waals surface area (Å²) in [6, 6.07) is 10.2. The van der Waals surface area contributed by atoms with Gasteiger partial charge in [0.2, 0.25) is 0 Å². The molecule has 1 amide bonds. The van der Waals surface area contributed by atoms with Gasteiger partial charge in [-0.05, 0) is 38.1 Å². The molecule has 0 atom stereocenters. The zero-order chi connectivity index (χ0) is 24.3. The second-order valence-electron chi connectivity index (χ2n) is 7.00. The Morgan fingerprint density at radius 3 is 2.45 bits per heavy atom. The lowest BCUT2D eigenvalue weighted by Gasteiger charge is -2.11. The topological polar surface area (TPSA) is 73.2 Å². The van der Waals surface area contributed by atoms with Crippen molar-refractivity contribution in [2.24, 2.45) is 0 Å². The van der Waals surface area contributed by atoms with Crippen molar-refractivity contribution in [3.8, 4) is 11.4 Å². The van der Waals surface area contributed by atoms with Gasteiger partial charge in [-0.3, -0.25) is 9.59 Å². The maximum absolute atomic E-state index is 13.0. The Hall–Kier alpha value is -3.76. The van der Waals surface area contributed by atoms with E-state index in [4.69, 9.17) is 0 Å². The number of carbonyl (C=O) groups is 2. The molecule has 0 saturated carbocycles. The summed E-state index contributed by atoms with van der Waals surface area (Å²) in [5, 5.41) is 6.46. The minimum Gasteiger partial charge on any atom is -0.434 e. The quantitative estimate of drug-likeness (QED) is 0.313. The first-order chi connectivity index (χ1) is 15.5. The fourth-order valence-electron chi connectivity index (χ4n) is 3.27. The zero-order valence-corrected chi connectivity index (χ0v) is 17.4. The third-order valence-electron chi connectivity index (χ3n) is 4.77. The summed E-state index contributed by atoms with van der Waals surface area (Å²) in [5.41, 5.74) is -0.334. The Bertz CT molecular complexity index is 1190. The van der Waals surface area contributed by atoms with Gasteiger partial charge in [0.05, 0.1) is 28.2 Å². The van der Waals surface area contributed by atoms with Crippen LogP contribution in [0.3, 0.4) is 0 Å². The molecule has 3 rings (SSSR count). The first kappa shape index (κ1) is 23.9. The van der Waals surface area contributed by atoms with Gasteiger partial charge in [0.25, 0.3) is 11.7 Å². The van der Waals surface area contributed by atoms with Crippen LogP contribution in [0.1, 0.15) is 32.9 Å². The predicted molar refractivity (Wildman–Crippen MR) is 107 cm³/mol. The molecule has 0 saturated heterocycles. The monoisotopic (exact) mass is 467 g/mol. The molecule has 1 N–H and O–H groups in total. The van der Waals surface area contributed by atoms with E-state index in [9.17, 15) is 31.5 Å². The maximum atomic E-state index is 13.0. The molecule has 2 aromatic carbocycles. The largest absolute Gasteiger partial charge is 0.434 e. The van der Waals surface area contributed by atoms with Crippen LogP contribution in [0.15, 0.2) is 48.5 Å². The lowest BCUT2D eigenvalue weighted by Crippen LogP contribution is -2.31. The number of amides is 1. The normalized spacial score (nSPS) is 11.5. The predicted octanol–water partition coefficient (Wildman–Crippen LogP) is 4.61. The average Bonchev–Trinajstić information content (AvgIpc) is 3.05. The van der Waals surface area contributed by atoms with Crippen LogP contribution in [0.25, 0.3) is 5.69 Å². The van der Waals surface area contributed by atoms with Gasteiger partial charge in [0, 0.05) is 12.1 Å². The number of para-hydroxylation sites is 1. The smallest absolute Gasteiger partial charge is 0.416 e. The minimum atomic E-state index is -4.56. The average molecular weight is 467 g/mol. The number of ketones is 1. The molecule has 0 unspecified atom stereocenters. The Kier molecular flexibility index (Phi) is 6.80. The zero-order valence-electron chi connectivity index (χ0n) is 17.4. The number of nitrogens with zero attached hydrogens (tertiary/aromatic N) is 2. The second kappa shape index (κ2) is 9.39. The summed E-state index contributed by atoms with van der Waals surface area (Å²) in [5.74, 6) is -2.14. The number of rotatable bonds is 7. The molecule has 0 aliphatic heterocycles. The molecule has 174 valence electrons. The highest BCUT2D eigenvalue weighted by atomic mass is 19.4. The van der Waals surface area contributed by atoms with Crippen LogP contribution in [-0.4, -0.2) is 28.1 Å². The molecular formula is C22H18F5N3O3. The third-order valence-corrected chi connectivity index (χ3v) is 4.77. The Morgan fingerprint density at radius 2 is 1.79 bits per heavy atom. The van der Waals surface area contributed by atoms with Crippen molar-refractivity contribution >= 4 is 11.7 Å². The summed E-state index contributed by atoms with van der Waals surface area (Å²) in [6.07, 6.45) is -4.56. The highest BCUT2D eigenvalue weighted by molar-refractivity contribution is 6.43. The fourth-order valence-corrected chi connectivity index (χ4v) is 3.27. The molecule has 0 aliphatic rings. The number of ether oxygens (including phenoxy) is 1. The van der Waals surface area contributed by atoms with Crippen LogP contribution >= 0.6 is 0 Å². The number of carbonyl (C=O) groups excluding carboxylic acids is 2. The van der Waals surface area contributed by atoms with Crippen LogP contribution in [0.2, 0.25) is 0 Å². The number of benzene rings is 2. The first-order valence-corrected chi connectivity index (χ1v) is 9.58. The molecule has 0 bridgehead atoms. The van der Waals surface area contributed by atoms with Gasteiger partial charge in [-0.1, -0.05) is 24.3 Å². The summed E-state index contributed by atoms with van der Waals surface area (Å²) in [4.78, 5) is 25.2. The summed E-state index contributed by atoms with van der Waals surface area (Å²) < 4.78 is 69.7. The Morgan fingerprint density at radius 1 is 1.09 bits per heavy atom. The van der Waals surface area contributed by atoms with E-state index < -0.39 is 30.0 Å². The van der Waals surface area contributed by atoms with Gasteiger partial charge in [-0.15, -0.1) is 0 Å². The van der Waals surface area contributed by atoms with Gasteiger partial charge in [-0.25, -0.2) is 4.68 Å². The minimum absolute atomic E-state index is 0.0676. The molecule has 0 radical (unpaired) electrons. The van der Waals surface area contributed by atoms with E-state index >= 15 is 0 Å². The van der Waals surface area contributed by atoms with Gasteiger partial charge < -0.3 is 10.1 Å². The molecular weight excluding hydrogens is 449 g/mol. The van der Waals surface area contributed by atoms with Crippen molar-refractivity contribution in [3.05, 3.63) is 76.6 Å².